The Morgan fingerprint density at radius 1 is 1.05 bits per heavy atom. The lowest BCUT2D eigenvalue weighted by Crippen LogP contribution is -2.38. The topological polar surface area (TPSA) is 63.3 Å². The summed E-state index contributed by atoms with van der Waals surface area (Å²) in [6, 6.07) is 0. The van der Waals surface area contributed by atoms with Crippen LogP contribution >= 0.6 is 0 Å². The van der Waals surface area contributed by atoms with Crippen molar-refractivity contribution in [2.24, 2.45) is 11.7 Å². The summed E-state index contributed by atoms with van der Waals surface area (Å²) in [5.41, 5.74) is 5.80. The predicted octanol–water partition coefficient (Wildman–Crippen LogP) is 4.98. The van der Waals surface area contributed by atoms with Gasteiger partial charge in [-0.05, 0) is 26.2 Å². The molecule has 0 amide bonds. The molecule has 0 saturated carbocycles. The van der Waals surface area contributed by atoms with Crippen LogP contribution in [0.25, 0.3) is 0 Å². The molecule has 0 saturated heterocycles. The molecular formula is C17H37NO2. The molecule has 3 nitrogen and oxygen atoms in total. The largest absolute Gasteiger partial charge is 0.481 e. The molecule has 0 aromatic heterocycles. The molecule has 0 heterocycles. The van der Waals surface area contributed by atoms with E-state index in [1.165, 1.54) is 38.5 Å². The smallest absolute Gasteiger partial charge is 0.303 e. The first-order valence-corrected chi connectivity index (χ1v) is 8.26. The van der Waals surface area contributed by atoms with Crippen molar-refractivity contribution in [2.75, 3.05) is 0 Å². The SMILES string of the molecule is CCC(C)C(C)(C)N.CCCCCCCCCC(=O)O. The van der Waals surface area contributed by atoms with Crippen LogP contribution in [-0.4, -0.2) is 16.6 Å². The summed E-state index contributed by atoms with van der Waals surface area (Å²) in [7, 11) is 0. The molecule has 0 aliphatic heterocycles. The third-order valence-corrected chi connectivity index (χ3v) is 3.88. The second-order valence-electron chi connectivity index (χ2n) is 6.40. The number of carboxylic acid groups (broad SMARTS) is 1. The Kier molecular flexibility index (Phi) is 14.6. The van der Waals surface area contributed by atoms with Crippen molar-refractivity contribution in [2.45, 2.75) is 97.9 Å². The van der Waals surface area contributed by atoms with Gasteiger partial charge in [-0.25, -0.2) is 0 Å². The van der Waals surface area contributed by atoms with Crippen molar-refractivity contribution in [3.8, 4) is 0 Å². The molecule has 1 atom stereocenters. The highest BCUT2D eigenvalue weighted by atomic mass is 16.4. The minimum atomic E-state index is -0.663. The highest BCUT2D eigenvalue weighted by molar-refractivity contribution is 5.66. The van der Waals surface area contributed by atoms with Gasteiger partial charge in [-0.15, -0.1) is 0 Å². The maximum absolute atomic E-state index is 10.1. The lowest BCUT2D eigenvalue weighted by atomic mass is 9.88. The van der Waals surface area contributed by atoms with E-state index in [1.54, 1.807) is 0 Å². The third kappa shape index (κ3) is 17.4. The first-order valence-electron chi connectivity index (χ1n) is 8.26. The van der Waals surface area contributed by atoms with Crippen molar-refractivity contribution in [1.29, 1.82) is 0 Å². The molecule has 20 heavy (non-hydrogen) atoms. The fourth-order valence-corrected chi connectivity index (χ4v) is 1.76. The van der Waals surface area contributed by atoms with Crippen LogP contribution in [0.5, 0.6) is 0 Å². The number of unbranched alkanes of at least 4 members (excludes halogenated alkanes) is 6. The molecule has 1 unspecified atom stereocenters. The Morgan fingerprint density at radius 2 is 1.50 bits per heavy atom. The van der Waals surface area contributed by atoms with Gasteiger partial charge in [-0.1, -0.05) is 65.7 Å². The number of carbonyl (C=O) groups is 1. The van der Waals surface area contributed by atoms with Crippen LogP contribution in [0, 0.1) is 5.92 Å². The van der Waals surface area contributed by atoms with Crippen molar-refractivity contribution >= 4 is 5.97 Å². The summed E-state index contributed by atoms with van der Waals surface area (Å²) in [5, 5.41) is 8.35. The standard InChI is InChI=1S/C10H20O2.C7H17N/c1-2-3-4-5-6-7-8-9-10(11)12;1-5-6(2)7(3,4)8/h2-9H2,1H3,(H,11,12);6H,5,8H2,1-4H3. The second-order valence-corrected chi connectivity index (χ2v) is 6.40. The Balaban J connectivity index is 0. The van der Waals surface area contributed by atoms with E-state index in [-0.39, 0.29) is 5.54 Å². The van der Waals surface area contributed by atoms with Gasteiger partial charge in [0.15, 0.2) is 0 Å². The van der Waals surface area contributed by atoms with Gasteiger partial charge in [-0.3, -0.25) is 4.79 Å². The van der Waals surface area contributed by atoms with E-state index in [1.807, 2.05) is 0 Å². The van der Waals surface area contributed by atoms with Gasteiger partial charge in [0.1, 0.15) is 0 Å². The zero-order valence-electron chi connectivity index (χ0n) is 14.4. The molecule has 0 bridgehead atoms. The molecule has 0 rings (SSSR count). The average Bonchev–Trinajstić information content (AvgIpc) is 2.36. The van der Waals surface area contributed by atoms with Gasteiger partial charge in [-0.2, -0.15) is 0 Å². The highest BCUT2D eigenvalue weighted by Gasteiger charge is 2.17. The van der Waals surface area contributed by atoms with Gasteiger partial charge in [0, 0.05) is 12.0 Å². The van der Waals surface area contributed by atoms with Gasteiger partial charge in [0.25, 0.3) is 0 Å². The normalized spacial score (nSPS) is 12.5. The molecule has 0 aliphatic carbocycles. The van der Waals surface area contributed by atoms with Crippen LogP contribution < -0.4 is 5.73 Å². The molecule has 0 fully saturated rings. The van der Waals surface area contributed by atoms with E-state index in [2.05, 4.69) is 34.6 Å². The minimum Gasteiger partial charge on any atom is -0.481 e. The van der Waals surface area contributed by atoms with Crippen LogP contribution in [0.3, 0.4) is 0 Å². The molecule has 3 heteroatoms. The van der Waals surface area contributed by atoms with Crippen LogP contribution in [0.1, 0.15) is 92.4 Å². The van der Waals surface area contributed by atoms with Gasteiger partial charge >= 0.3 is 5.97 Å². The average molecular weight is 287 g/mol. The molecule has 3 N–H and O–H groups in total. The maximum Gasteiger partial charge on any atom is 0.303 e. The number of aliphatic carboxylic acids is 1. The first kappa shape index (κ1) is 21.7. The molecule has 0 aromatic rings. The first-order chi connectivity index (χ1) is 9.25. The van der Waals surface area contributed by atoms with E-state index >= 15 is 0 Å². The summed E-state index contributed by atoms with van der Waals surface area (Å²) < 4.78 is 0. The van der Waals surface area contributed by atoms with Gasteiger partial charge in [0.05, 0.1) is 0 Å². The van der Waals surface area contributed by atoms with Gasteiger partial charge in [0.2, 0.25) is 0 Å². The lowest BCUT2D eigenvalue weighted by Gasteiger charge is -2.25. The zero-order chi connectivity index (χ0) is 16.0. The van der Waals surface area contributed by atoms with E-state index in [0.29, 0.717) is 12.3 Å². The summed E-state index contributed by atoms with van der Waals surface area (Å²) in [5.74, 6) is -0.0361. The van der Waals surface area contributed by atoms with Crippen LogP contribution in [-0.2, 0) is 4.79 Å². The van der Waals surface area contributed by atoms with E-state index in [4.69, 9.17) is 10.8 Å². The molecule has 0 aliphatic rings. The van der Waals surface area contributed by atoms with E-state index in [0.717, 1.165) is 12.8 Å². The molecule has 0 radical (unpaired) electrons. The fraction of sp³-hybridized carbons (Fsp3) is 0.941. The Morgan fingerprint density at radius 3 is 1.80 bits per heavy atom. The predicted molar refractivity (Wildman–Crippen MR) is 88.0 cm³/mol. The van der Waals surface area contributed by atoms with Crippen molar-refractivity contribution in [3.05, 3.63) is 0 Å². The van der Waals surface area contributed by atoms with Crippen molar-refractivity contribution < 1.29 is 9.90 Å². The minimum absolute atomic E-state index is 0.00868. The van der Waals surface area contributed by atoms with Crippen LogP contribution in [0.4, 0.5) is 0 Å². The second kappa shape index (κ2) is 13.4. The molecule has 0 spiro atoms. The van der Waals surface area contributed by atoms with E-state index < -0.39 is 5.97 Å². The van der Waals surface area contributed by atoms with Crippen LogP contribution in [0.2, 0.25) is 0 Å². The monoisotopic (exact) mass is 287 g/mol. The number of hydrogen-bond donors (Lipinski definition) is 2. The zero-order valence-corrected chi connectivity index (χ0v) is 14.4. The number of rotatable bonds is 10. The third-order valence-electron chi connectivity index (χ3n) is 3.88. The Hall–Kier alpha value is -0.570. The molecule has 122 valence electrons. The summed E-state index contributed by atoms with van der Waals surface area (Å²) in [6.45, 7) is 10.7. The van der Waals surface area contributed by atoms with Gasteiger partial charge < -0.3 is 10.8 Å². The maximum atomic E-state index is 10.1. The number of nitrogens with two attached hydrogens (primary N) is 1. The summed E-state index contributed by atoms with van der Waals surface area (Å²) in [4.78, 5) is 10.1. The summed E-state index contributed by atoms with van der Waals surface area (Å²) in [6.07, 6.45) is 9.81. The lowest BCUT2D eigenvalue weighted by molar-refractivity contribution is -0.137. The highest BCUT2D eigenvalue weighted by Crippen LogP contribution is 2.15. The van der Waals surface area contributed by atoms with Crippen molar-refractivity contribution in [3.63, 3.8) is 0 Å². The summed E-state index contributed by atoms with van der Waals surface area (Å²) >= 11 is 0. The quantitative estimate of drug-likeness (QED) is 0.557. The number of hydrogen-bond acceptors (Lipinski definition) is 2. The molecule has 0 aromatic carbocycles. The van der Waals surface area contributed by atoms with Crippen molar-refractivity contribution in [1.82, 2.24) is 0 Å². The molecular weight excluding hydrogens is 250 g/mol. The number of carboxylic acids is 1. The fourth-order valence-electron chi connectivity index (χ4n) is 1.76. The Labute approximate surface area is 126 Å². The van der Waals surface area contributed by atoms with E-state index in [9.17, 15) is 4.79 Å². The van der Waals surface area contributed by atoms with Crippen LogP contribution in [0.15, 0.2) is 0 Å². The Bertz CT molecular complexity index is 222.